The average Bonchev–Trinajstić information content (AvgIpc) is 2.43. The smallest absolute Gasteiger partial charge is 0.384 e. The lowest BCUT2D eigenvalue weighted by Crippen LogP contribution is -2.49. The van der Waals surface area contributed by atoms with Crippen LogP contribution in [0.5, 0.6) is 0 Å². The summed E-state index contributed by atoms with van der Waals surface area (Å²) in [6.07, 6.45) is 3.42. The van der Waals surface area contributed by atoms with Gasteiger partial charge in [0.2, 0.25) is 0 Å². The van der Waals surface area contributed by atoms with Gasteiger partial charge in [0.25, 0.3) is 0 Å². The van der Waals surface area contributed by atoms with Crippen molar-refractivity contribution in [2.24, 2.45) is 23.2 Å². The monoisotopic (exact) mass is 309 g/mol. The van der Waals surface area contributed by atoms with Crippen LogP contribution < -0.4 is 5.32 Å². The van der Waals surface area contributed by atoms with Crippen LogP contribution in [0.3, 0.4) is 0 Å². The maximum atomic E-state index is 13.1. The van der Waals surface area contributed by atoms with Crippen molar-refractivity contribution in [3.05, 3.63) is 29.8 Å². The first-order valence-electron chi connectivity index (χ1n) is 8.34. The van der Waals surface area contributed by atoms with Crippen LogP contribution in [0.25, 0.3) is 0 Å². The third-order valence-corrected chi connectivity index (χ3v) is 6.05. The molecule has 4 fully saturated rings. The minimum absolute atomic E-state index is 0.241. The molecule has 4 aliphatic carbocycles. The quantitative estimate of drug-likeness (QED) is 0.795. The second kappa shape index (κ2) is 4.90. The fourth-order valence-electron chi connectivity index (χ4n) is 5.67. The Balaban J connectivity index is 1.52. The van der Waals surface area contributed by atoms with Gasteiger partial charge in [-0.15, -0.1) is 0 Å². The summed E-state index contributed by atoms with van der Waals surface area (Å²) < 4.78 is 39.3. The molecule has 0 aliphatic heterocycles. The summed E-state index contributed by atoms with van der Waals surface area (Å²) in [4.78, 5) is 0. The van der Waals surface area contributed by atoms with Gasteiger partial charge >= 0.3 is 6.18 Å². The van der Waals surface area contributed by atoms with Gasteiger partial charge in [-0.05, 0) is 73.8 Å². The lowest BCUT2D eigenvalue weighted by atomic mass is 9.49. The van der Waals surface area contributed by atoms with E-state index in [4.69, 9.17) is 0 Å². The summed E-state index contributed by atoms with van der Waals surface area (Å²) in [5.74, 6) is 2.47. The molecule has 4 aliphatic rings. The van der Waals surface area contributed by atoms with Gasteiger partial charge in [-0.25, -0.2) is 0 Å². The lowest BCUT2D eigenvalue weighted by Gasteiger charge is -2.57. The number of benzene rings is 1. The Morgan fingerprint density at radius 2 is 1.50 bits per heavy atom. The van der Waals surface area contributed by atoms with E-state index in [-0.39, 0.29) is 11.1 Å². The molecular weight excluding hydrogens is 287 g/mol. The molecule has 0 spiro atoms. The Morgan fingerprint density at radius 1 is 0.955 bits per heavy atom. The first kappa shape index (κ1) is 14.4. The minimum Gasteiger partial charge on any atom is -0.384 e. The van der Waals surface area contributed by atoms with E-state index < -0.39 is 11.7 Å². The van der Waals surface area contributed by atoms with E-state index in [1.165, 1.54) is 50.7 Å². The van der Waals surface area contributed by atoms with E-state index in [1.54, 1.807) is 12.1 Å². The van der Waals surface area contributed by atoms with Crippen LogP contribution >= 0.6 is 0 Å². The predicted molar refractivity (Wildman–Crippen MR) is 80.5 cm³/mol. The maximum Gasteiger partial charge on any atom is 0.418 e. The number of alkyl halides is 3. The number of halogens is 3. The molecule has 1 nitrogen and oxygen atoms in total. The van der Waals surface area contributed by atoms with E-state index in [1.807, 2.05) is 0 Å². The van der Waals surface area contributed by atoms with E-state index >= 15 is 0 Å². The number of hydrogen-bond acceptors (Lipinski definition) is 1. The topological polar surface area (TPSA) is 12.0 Å². The Labute approximate surface area is 129 Å². The molecule has 4 heteroatoms. The Hall–Kier alpha value is -1.19. The first-order chi connectivity index (χ1) is 10.4. The third-order valence-electron chi connectivity index (χ3n) is 6.05. The fraction of sp³-hybridized carbons (Fsp3) is 0.667. The number of rotatable bonds is 3. The van der Waals surface area contributed by atoms with E-state index in [9.17, 15) is 13.2 Å². The number of hydrogen-bond donors (Lipinski definition) is 1. The van der Waals surface area contributed by atoms with Crippen LogP contribution in [-0.2, 0) is 6.18 Å². The summed E-state index contributed by atoms with van der Waals surface area (Å²) >= 11 is 0. The van der Waals surface area contributed by atoms with Gasteiger partial charge in [0.15, 0.2) is 0 Å². The van der Waals surface area contributed by atoms with Gasteiger partial charge in [-0.2, -0.15) is 13.2 Å². The summed E-state index contributed by atoms with van der Waals surface area (Å²) in [7, 11) is 0. The number of anilines is 1. The molecule has 1 aromatic carbocycles. The SMILES string of the molecule is FC(F)(F)c1ccccc1NCC12CC3CC(CC(C3)C1)C2. The molecule has 1 N–H and O–H groups in total. The van der Waals surface area contributed by atoms with Crippen molar-refractivity contribution >= 4 is 5.69 Å². The molecule has 0 atom stereocenters. The van der Waals surface area contributed by atoms with E-state index in [0.717, 1.165) is 17.8 Å². The molecule has 0 amide bonds. The molecule has 0 heterocycles. The highest BCUT2D eigenvalue weighted by Gasteiger charge is 2.50. The molecule has 120 valence electrons. The van der Waals surface area contributed by atoms with Gasteiger partial charge < -0.3 is 5.32 Å². The summed E-state index contributed by atoms with van der Waals surface area (Å²) in [5.41, 5.74) is -0.0570. The van der Waals surface area contributed by atoms with Gasteiger partial charge in [-0.1, -0.05) is 12.1 Å². The Kier molecular flexibility index (Phi) is 3.21. The summed E-state index contributed by atoms with van der Waals surface area (Å²) in [6, 6.07) is 5.86. The zero-order chi connectivity index (χ0) is 15.4. The lowest BCUT2D eigenvalue weighted by molar-refractivity contribution is -0.137. The van der Waals surface area contributed by atoms with Crippen LogP contribution in [0.1, 0.15) is 44.1 Å². The summed E-state index contributed by atoms with van der Waals surface area (Å²) in [5, 5.41) is 3.16. The van der Waals surface area contributed by atoms with E-state index in [0.29, 0.717) is 6.54 Å². The first-order valence-corrected chi connectivity index (χ1v) is 8.34. The molecule has 22 heavy (non-hydrogen) atoms. The van der Waals surface area contributed by atoms with Crippen molar-refractivity contribution in [2.75, 3.05) is 11.9 Å². The van der Waals surface area contributed by atoms with Gasteiger partial charge in [0.1, 0.15) is 0 Å². The van der Waals surface area contributed by atoms with Crippen LogP contribution in [-0.4, -0.2) is 6.54 Å². The van der Waals surface area contributed by atoms with Crippen LogP contribution in [0.4, 0.5) is 18.9 Å². The van der Waals surface area contributed by atoms with Gasteiger partial charge in [0, 0.05) is 12.2 Å². The van der Waals surface area contributed by atoms with Crippen molar-refractivity contribution in [3.8, 4) is 0 Å². The van der Waals surface area contributed by atoms with Crippen molar-refractivity contribution in [3.63, 3.8) is 0 Å². The second-order valence-electron chi connectivity index (χ2n) is 7.81. The summed E-state index contributed by atoms with van der Waals surface area (Å²) in [6.45, 7) is 0.698. The highest BCUT2D eigenvalue weighted by atomic mass is 19.4. The predicted octanol–water partition coefficient (Wildman–Crippen LogP) is 5.33. The number of para-hydroxylation sites is 1. The van der Waals surface area contributed by atoms with E-state index in [2.05, 4.69) is 5.32 Å². The molecule has 0 aromatic heterocycles. The Morgan fingerprint density at radius 3 is 2.05 bits per heavy atom. The zero-order valence-electron chi connectivity index (χ0n) is 12.6. The van der Waals surface area contributed by atoms with Crippen molar-refractivity contribution < 1.29 is 13.2 Å². The number of nitrogens with one attached hydrogen (secondary N) is 1. The van der Waals surface area contributed by atoms with Crippen molar-refractivity contribution in [2.45, 2.75) is 44.7 Å². The van der Waals surface area contributed by atoms with Crippen molar-refractivity contribution in [1.82, 2.24) is 0 Å². The molecular formula is C18H22F3N. The molecule has 1 aromatic rings. The maximum absolute atomic E-state index is 13.1. The molecule has 5 rings (SSSR count). The van der Waals surface area contributed by atoms with Crippen LogP contribution in [0, 0.1) is 23.2 Å². The van der Waals surface area contributed by atoms with Crippen molar-refractivity contribution in [1.29, 1.82) is 0 Å². The molecule has 0 radical (unpaired) electrons. The van der Waals surface area contributed by atoms with Gasteiger partial charge in [0.05, 0.1) is 5.56 Å². The standard InChI is InChI=1S/C18H22F3N/c19-18(20,21)15-3-1-2-4-16(15)22-11-17-8-12-5-13(9-17)7-14(6-12)10-17/h1-4,12-14,22H,5-11H2. The third kappa shape index (κ3) is 2.50. The normalized spacial score (nSPS) is 36.6. The minimum atomic E-state index is -4.29. The van der Waals surface area contributed by atoms with Crippen LogP contribution in [0.15, 0.2) is 24.3 Å². The molecule has 4 saturated carbocycles. The molecule has 0 saturated heterocycles. The molecule has 0 unspecified atom stereocenters. The van der Waals surface area contributed by atoms with Crippen LogP contribution in [0.2, 0.25) is 0 Å². The molecule has 4 bridgehead atoms. The largest absolute Gasteiger partial charge is 0.418 e. The Bertz CT molecular complexity index is 528. The fourth-order valence-corrected chi connectivity index (χ4v) is 5.67. The zero-order valence-corrected chi connectivity index (χ0v) is 12.6. The highest BCUT2D eigenvalue weighted by molar-refractivity contribution is 5.52. The van der Waals surface area contributed by atoms with Gasteiger partial charge in [-0.3, -0.25) is 0 Å². The average molecular weight is 309 g/mol. The second-order valence-corrected chi connectivity index (χ2v) is 7.81. The highest BCUT2D eigenvalue weighted by Crippen LogP contribution is 2.60.